The van der Waals surface area contributed by atoms with E-state index in [9.17, 15) is 27.6 Å². The first kappa shape index (κ1) is 34.8. The fraction of sp³-hybridized carbons (Fsp3) is 0.400. The summed E-state index contributed by atoms with van der Waals surface area (Å²) >= 11 is 0. The van der Waals surface area contributed by atoms with Crippen molar-refractivity contribution in [3.8, 4) is 11.5 Å². The first-order valence-electron chi connectivity index (χ1n) is 15.8. The van der Waals surface area contributed by atoms with E-state index >= 15 is 0 Å². The van der Waals surface area contributed by atoms with Gasteiger partial charge in [-0.3, -0.25) is 14.4 Å². The van der Waals surface area contributed by atoms with Gasteiger partial charge in [0.1, 0.15) is 23.6 Å². The molecule has 1 fully saturated rings. The smallest absolute Gasteiger partial charge is 0.489 e. The predicted molar refractivity (Wildman–Crippen MR) is 176 cm³/mol. The Balaban J connectivity index is 1.31. The van der Waals surface area contributed by atoms with Crippen molar-refractivity contribution in [3.05, 3.63) is 93.8 Å². The molecule has 1 aliphatic carbocycles. The number of aromatic nitrogens is 3. The topological polar surface area (TPSA) is 110 Å². The van der Waals surface area contributed by atoms with E-state index in [-0.39, 0.29) is 42.8 Å². The number of esters is 1. The van der Waals surface area contributed by atoms with Gasteiger partial charge in [0.2, 0.25) is 0 Å². The minimum Gasteiger partial charge on any atom is -0.489 e. The molecule has 3 aromatic carbocycles. The molecule has 0 radical (unpaired) electrons. The van der Waals surface area contributed by atoms with Crippen LogP contribution in [0, 0.1) is 24.7 Å². The van der Waals surface area contributed by atoms with Gasteiger partial charge in [0.05, 0.1) is 24.5 Å². The normalized spacial score (nSPS) is 18.1. The Hall–Kier alpha value is -4.52. The van der Waals surface area contributed by atoms with Gasteiger partial charge < -0.3 is 14.2 Å². The number of aryl methyl sites for hydroxylation is 1. The van der Waals surface area contributed by atoms with Gasteiger partial charge in [-0.25, -0.2) is 4.68 Å². The van der Waals surface area contributed by atoms with E-state index in [2.05, 4.69) is 34.7 Å². The van der Waals surface area contributed by atoms with Gasteiger partial charge in [-0.15, -0.1) is 18.3 Å². The van der Waals surface area contributed by atoms with Crippen molar-refractivity contribution < 1.29 is 37.0 Å². The third kappa shape index (κ3) is 8.88. The van der Waals surface area contributed by atoms with Crippen LogP contribution in [0.15, 0.2) is 71.5 Å². The van der Waals surface area contributed by atoms with Crippen LogP contribution in [0.2, 0.25) is 25.7 Å². The average molecular weight is 682 g/mol. The monoisotopic (exact) mass is 681 g/mol. The molecule has 4 aromatic rings. The van der Waals surface area contributed by atoms with E-state index in [1.165, 1.54) is 22.9 Å². The number of ether oxygens (including phenoxy) is 3. The van der Waals surface area contributed by atoms with E-state index in [1.807, 2.05) is 13.0 Å². The lowest BCUT2D eigenvalue weighted by Gasteiger charge is -2.24. The Morgan fingerprint density at radius 3 is 2.44 bits per heavy atom. The van der Waals surface area contributed by atoms with Crippen molar-refractivity contribution in [2.75, 3.05) is 6.61 Å². The van der Waals surface area contributed by atoms with Gasteiger partial charge in [-0.2, -0.15) is 0 Å². The van der Waals surface area contributed by atoms with Crippen LogP contribution in [0.4, 0.5) is 13.2 Å². The number of rotatable bonds is 12. The molecule has 0 bridgehead atoms. The van der Waals surface area contributed by atoms with Crippen LogP contribution >= 0.6 is 0 Å². The molecule has 0 N–H and O–H groups in total. The van der Waals surface area contributed by atoms with Gasteiger partial charge in [0.25, 0.3) is 5.56 Å². The zero-order chi connectivity index (χ0) is 34.6. The third-order valence-electron chi connectivity index (χ3n) is 8.46. The van der Waals surface area contributed by atoms with Crippen LogP contribution in [0.5, 0.6) is 11.5 Å². The summed E-state index contributed by atoms with van der Waals surface area (Å²) in [6.07, 6.45) is -3.85. The number of nitrogens with zero attached hydrogens (tertiary/aromatic N) is 3. The van der Waals surface area contributed by atoms with Crippen LogP contribution in [0.25, 0.3) is 10.9 Å². The lowest BCUT2D eigenvalue weighted by molar-refractivity contribution is -0.274. The van der Waals surface area contributed by atoms with Crippen LogP contribution in [0.1, 0.15) is 34.3 Å². The maximum Gasteiger partial charge on any atom is 0.573 e. The quantitative estimate of drug-likeness (QED) is 0.0895. The maximum absolute atomic E-state index is 13.9. The molecule has 1 saturated carbocycles. The third-order valence-corrected chi connectivity index (χ3v) is 10.2. The molecule has 1 aliphatic rings. The summed E-state index contributed by atoms with van der Waals surface area (Å²) in [5, 5.41) is 8.78. The molecule has 5 rings (SSSR count). The number of fused-ring (bicyclic) bond motifs is 1. The molecule has 1 heterocycles. The molecule has 9 nitrogen and oxygen atoms in total. The van der Waals surface area contributed by atoms with Crippen molar-refractivity contribution in [1.82, 2.24) is 15.0 Å². The SMILES string of the molecule is Cc1ccc2nnn(CC3CCC(C(=O)c4ccc(OCc5cccc(OC(F)(F)F)c5)cc4)C3C(=O)OCC[Si](C)(C)C)c(=O)c2c1. The van der Waals surface area contributed by atoms with E-state index in [1.54, 1.807) is 42.5 Å². The Morgan fingerprint density at radius 2 is 1.73 bits per heavy atom. The minimum atomic E-state index is -4.80. The number of halogens is 3. The van der Waals surface area contributed by atoms with Crippen LogP contribution in [-0.4, -0.2) is 47.8 Å². The van der Waals surface area contributed by atoms with Gasteiger partial charge in [-0.05, 0) is 85.8 Å². The summed E-state index contributed by atoms with van der Waals surface area (Å²) in [5.41, 5.74) is 1.94. The molecule has 254 valence electrons. The number of ketones is 1. The molecule has 1 aromatic heterocycles. The summed E-state index contributed by atoms with van der Waals surface area (Å²) in [6, 6.07) is 18.0. The maximum atomic E-state index is 13.9. The highest BCUT2D eigenvalue weighted by molar-refractivity contribution is 6.76. The molecule has 13 heteroatoms. The first-order valence-corrected chi connectivity index (χ1v) is 19.5. The van der Waals surface area contributed by atoms with Crippen LogP contribution in [-0.2, 0) is 22.7 Å². The summed E-state index contributed by atoms with van der Waals surface area (Å²) in [7, 11) is -1.49. The van der Waals surface area contributed by atoms with Crippen LogP contribution < -0.4 is 15.0 Å². The Labute approximate surface area is 277 Å². The molecule has 3 unspecified atom stereocenters. The molecule has 0 saturated heterocycles. The highest BCUT2D eigenvalue weighted by atomic mass is 28.3. The number of carbonyl (C=O) groups excluding carboxylic acids is 2. The van der Waals surface area contributed by atoms with Gasteiger partial charge in [0, 0.05) is 19.6 Å². The number of benzene rings is 3. The molecular weight excluding hydrogens is 643 g/mol. The van der Waals surface area contributed by atoms with Crippen molar-refractivity contribution in [3.63, 3.8) is 0 Å². The molecule has 0 aliphatic heterocycles. The molecule has 48 heavy (non-hydrogen) atoms. The minimum absolute atomic E-state index is 0.0193. The second-order valence-corrected chi connectivity index (χ2v) is 19.0. The summed E-state index contributed by atoms with van der Waals surface area (Å²) < 4.78 is 54.5. The van der Waals surface area contributed by atoms with Crippen molar-refractivity contribution in [1.29, 1.82) is 0 Å². The van der Waals surface area contributed by atoms with Crippen molar-refractivity contribution in [2.24, 2.45) is 17.8 Å². The zero-order valence-electron chi connectivity index (χ0n) is 27.3. The van der Waals surface area contributed by atoms with E-state index in [0.717, 1.165) is 11.6 Å². The standard InChI is InChI=1S/C35H38F3N3O6Si/c1-22-8-15-30-29(18-22)33(43)41(40-39-30)20-25-11-14-28(31(25)34(44)45-16-17-48(2,3)4)32(42)24-9-12-26(13-10-24)46-21-23-6-5-7-27(19-23)47-35(36,37)38/h5-10,12-13,15,18-19,25,28,31H,11,14,16-17,20-21H2,1-4H3. The lowest BCUT2D eigenvalue weighted by Crippen LogP contribution is -2.36. The number of hydrogen-bond donors (Lipinski definition) is 0. The highest BCUT2D eigenvalue weighted by Crippen LogP contribution is 2.41. The highest BCUT2D eigenvalue weighted by Gasteiger charge is 2.46. The van der Waals surface area contributed by atoms with Crippen molar-refractivity contribution in [2.45, 2.75) is 65.0 Å². The fourth-order valence-corrected chi connectivity index (χ4v) is 6.67. The first-order chi connectivity index (χ1) is 22.7. The average Bonchev–Trinajstić information content (AvgIpc) is 3.44. The van der Waals surface area contributed by atoms with Crippen LogP contribution in [0.3, 0.4) is 0 Å². The van der Waals surface area contributed by atoms with Gasteiger partial charge >= 0.3 is 12.3 Å². The number of hydrogen-bond acceptors (Lipinski definition) is 8. The summed E-state index contributed by atoms with van der Waals surface area (Å²) in [4.78, 5) is 40.8. The zero-order valence-corrected chi connectivity index (χ0v) is 28.3. The summed E-state index contributed by atoms with van der Waals surface area (Å²) in [5.74, 6) is -2.42. The van der Waals surface area contributed by atoms with E-state index in [4.69, 9.17) is 9.47 Å². The van der Waals surface area contributed by atoms with E-state index in [0.29, 0.717) is 40.6 Å². The molecule has 0 spiro atoms. The number of carbonyl (C=O) groups is 2. The Kier molecular flexibility index (Phi) is 10.4. The largest absolute Gasteiger partial charge is 0.573 e. The predicted octanol–water partition coefficient (Wildman–Crippen LogP) is 6.98. The number of alkyl halides is 3. The Morgan fingerprint density at radius 1 is 0.979 bits per heavy atom. The molecular formula is C35H38F3N3O6Si. The van der Waals surface area contributed by atoms with Gasteiger partial charge in [-0.1, -0.05) is 48.6 Å². The lowest BCUT2D eigenvalue weighted by atomic mass is 9.84. The van der Waals surface area contributed by atoms with Crippen molar-refractivity contribution >= 4 is 30.7 Å². The fourth-order valence-electron chi connectivity index (χ4n) is 5.95. The summed E-state index contributed by atoms with van der Waals surface area (Å²) in [6.45, 7) is 8.81. The number of Topliss-reactive ketones (excluding diaryl/α,β-unsaturated/α-hetero) is 1. The van der Waals surface area contributed by atoms with Gasteiger partial charge in [0.15, 0.2) is 5.78 Å². The molecule has 3 atom stereocenters. The second-order valence-electron chi connectivity index (χ2n) is 13.4. The second kappa shape index (κ2) is 14.3. The molecule has 0 amide bonds. The Bertz CT molecular complexity index is 1840. The van der Waals surface area contributed by atoms with E-state index < -0.39 is 32.2 Å².